The molecule has 2 aromatic rings. The number of amides is 1. The fraction of sp³-hybridized carbons (Fsp3) is 0.533. The number of nitrogens with zero attached hydrogens (tertiary/aromatic N) is 1. The fourth-order valence-corrected chi connectivity index (χ4v) is 4.50. The van der Waals surface area contributed by atoms with Crippen molar-refractivity contribution in [2.45, 2.75) is 38.3 Å². The quantitative estimate of drug-likeness (QED) is 0.133. The van der Waals surface area contributed by atoms with E-state index < -0.39 is 17.9 Å². The van der Waals surface area contributed by atoms with E-state index in [0.717, 1.165) is 55.0 Å². The number of rotatable bonds is 22. The minimum Gasteiger partial charge on any atom is -0.494 e. The summed E-state index contributed by atoms with van der Waals surface area (Å²) in [7, 11) is 6.75. The van der Waals surface area contributed by atoms with Crippen LogP contribution in [0.4, 0.5) is 5.69 Å². The van der Waals surface area contributed by atoms with Crippen molar-refractivity contribution in [3.63, 3.8) is 0 Å². The monoisotopic (exact) mass is 572 g/mol. The number of carbonyl (C=O) groups excluding carboxylic acids is 1. The molecule has 2 unspecified atom stereocenters. The summed E-state index contributed by atoms with van der Waals surface area (Å²) in [4.78, 5) is 16.3. The van der Waals surface area contributed by atoms with Crippen LogP contribution in [0.3, 0.4) is 0 Å². The van der Waals surface area contributed by atoms with E-state index in [4.69, 9.17) is 30.4 Å². The van der Waals surface area contributed by atoms with Crippen molar-refractivity contribution in [2.24, 2.45) is 17.4 Å². The number of unbranched alkanes of at least 4 members (excludes halogenated alkanes) is 1. The normalized spacial score (nSPS) is 13.0. The molecule has 11 nitrogen and oxygen atoms in total. The zero-order valence-electron chi connectivity index (χ0n) is 24.9. The number of hydrogen-bond acceptors (Lipinski definition) is 10. The van der Waals surface area contributed by atoms with Gasteiger partial charge in [-0.25, -0.2) is 4.98 Å². The smallest absolute Gasteiger partial charge is 0.223 e. The number of methoxy groups -OCH3 is 3. The highest BCUT2D eigenvalue weighted by atomic mass is 16.5. The van der Waals surface area contributed by atoms with Gasteiger partial charge in [-0.3, -0.25) is 4.79 Å². The van der Waals surface area contributed by atoms with E-state index in [-0.39, 0.29) is 0 Å². The zero-order valence-corrected chi connectivity index (χ0v) is 24.9. The third-order valence-electron chi connectivity index (χ3n) is 6.65. The second kappa shape index (κ2) is 19.8. The maximum Gasteiger partial charge on any atom is 0.223 e. The van der Waals surface area contributed by atoms with Crippen LogP contribution in [0.2, 0.25) is 0 Å². The van der Waals surface area contributed by atoms with Crippen molar-refractivity contribution in [3.8, 4) is 11.6 Å². The van der Waals surface area contributed by atoms with Gasteiger partial charge < -0.3 is 46.4 Å². The highest BCUT2D eigenvalue weighted by molar-refractivity contribution is 5.77. The van der Waals surface area contributed by atoms with E-state index in [0.29, 0.717) is 38.5 Å². The van der Waals surface area contributed by atoms with Crippen molar-refractivity contribution in [3.05, 3.63) is 59.4 Å². The molecular weight excluding hydrogens is 524 g/mol. The van der Waals surface area contributed by atoms with Crippen LogP contribution in [0.1, 0.15) is 42.9 Å². The molecular formula is C30H48N6O5. The molecule has 0 spiro atoms. The van der Waals surface area contributed by atoms with Gasteiger partial charge in [-0.1, -0.05) is 6.07 Å². The van der Waals surface area contributed by atoms with Gasteiger partial charge in [-0.2, -0.15) is 0 Å². The molecule has 0 aliphatic rings. The summed E-state index contributed by atoms with van der Waals surface area (Å²) in [5.74, 6) is 0.436. The fourth-order valence-electron chi connectivity index (χ4n) is 4.50. The first-order valence-electron chi connectivity index (χ1n) is 14.0. The third-order valence-corrected chi connectivity index (χ3v) is 6.65. The predicted molar refractivity (Wildman–Crippen MR) is 162 cm³/mol. The molecule has 7 N–H and O–H groups in total. The van der Waals surface area contributed by atoms with Crippen LogP contribution >= 0.6 is 0 Å². The van der Waals surface area contributed by atoms with E-state index in [2.05, 4.69) is 20.9 Å². The van der Waals surface area contributed by atoms with E-state index in [1.165, 1.54) is 5.57 Å². The average Bonchev–Trinajstić information content (AvgIpc) is 2.99. The molecule has 0 aliphatic carbocycles. The van der Waals surface area contributed by atoms with Gasteiger partial charge in [-0.15, -0.1) is 0 Å². The predicted octanol–water partition coefficient (Wildman–Crippen LogP) is 2.73. The minimum absolute atomic E-state index is 0.298. The Labute approximate surface area is 244 Å². The van der Waals surface area contributed by atoms with Crippen LogP contribution < -0.4 is 36.9 Å². The number of carbonyl (C=O) groups is 1. The molecule has 0 bridgehead atoms. The Hall–Kier alpha value is -3.22. The minimum atomic E-state index is -0.479. The topological polar surface area (TPSA) is 155 Å². The maximum atomic E-state index is 12.2. The van der Waals surface area contributed by atoms with Gasteiger partial charge in [0.25, 0.3) is 0 Å². The van der Waals surface area contributed by atoms with Gasteiger partial charge >= 0.3 is 0 Å². The molecule has 1 aromatic heterocycles. The molecule has 1 aromatic carbocycles. The summed E-state index contributed by atoms with van der Waals surface area (Å²) >= 11 is 0. The summed E-state index contributed by atoms with van der Waals surface area (Å²) in [6.45, 7) is 3.84. The van der Waals surface area contributed by atoms with Crippen molar-refractivity contribution in [1.82, 2.24) is 15.6 Å². The van der Waals surface area contributed by atoms with Crippen LogP contribution in [-0.2, 0) is 20.8 Å². The van der Waals surface area contributed by atoms with Gasteiger partial charge in [0.15, 0.2) is 0 Å². The lowest BCUT2D eigenvalue weighted by atomic mass is 9.88. The van der Waals surface area contributed by atoms with Crippen LogP contribution in [0.25, 0.3) is 0 Å². The van der Waals surface area contributed by atoms with E-state index in [9.17, 15) is 4.79 Å². The highest BCUT2D eigenvalue weighted by Gasteiger charge is 2.29. The second-order valence-electron chi connectivity index (χ2n) is 9.66. The van der Waals surface area contributed by atoms with Gasteiger partial charge in [0.1, 0.15) is 5.75 Å². The number of aromatic nitrogens is 1. The van der Waals surface area contributed by atoms with E-state index in [1.54, 1.807) is 27.5 Å². The number of ether oxygens (including phenoxy) is 4. The van der Waals surface area contributed by atoms with Crippen molar-refractivity contribution in [1.29, 1.82) is 0 Å². The zero-order chi connectivity index (χ0) is 29.9. The van der Waals surface area contributed by atoms with Crippen molar-refractivity contribution in [2.75, 3.05) is 66.5 Å². The SMILES string of the molecule is CNC/C(=C\Nc1ccnc(OC)c1)CNCCCCOc1ccc(C(OC)C(CCCOC)C(N)=O)c(CN)c1. The number of primary amides is 1. The van der Waals surface area contributed by atoms with E-state index in [1.807, 2.05) is 43.6 Å². The van der Waals surface area contributed by atoms with Gasteiger partial charge in [0, 0.05) is 64.6 Å². The Morgan fingerprint density at radius 1 is 1.07 bits per heavy atom. The molecule has 1 amide bonds. The Morgan fingerprint density at radius 3 is 2.59 bits per heavy atom. The number of benzene rings is 1. The summed E-state index contributed by atoms with van der Waals surface area (Å²) < 4.78 is 22.0. The molecule has 0 saturated carbocycles. The lowest BCUT2D eigenvalue weighted by molar-refractivity contribution is -0.127. The van der Waals surface area contributed by atoms with Gasteiger partial charge in [0.2, 0.25) is 11.8 Å². The molecule has 41 heavy (non-hydrogen) atoms. The first kappa shape index (κ1) is 34.0. The van der Waals surface area contributed by atoms with Gasteiger partial charge in [0.05, 0.1) is 25.7 Å². The Morgan fingerprint density at radius 2 is 1.90 bits per heavy atom. The number of likely N-dealkylation sites (N-methyl/N-ethyl adjacent to an activating group) is 1. The van der Waals surface area contributed by atoms with Crippen LogP contribution in [0.5, 0.6) is 11.6 Å². The number of hydrogen-bond donors (Lipinski definition) is 5. The first-order chi connectivity index (χ1) is 20.0. The summed E-state index contributed by atoms with van der Waals surface area (Å²) in [5, 5.41) is 10.00. The Balaban J connectivity index is 1.82. The summed E-state index contributed by atoms with van der Waals surface area (Å²) in [5.41, 5.74) is 15.6. The second-order valence-corrected chi connectivity index (χ2v) is 9.66. The average molecular weight is 573 g/mol. The molecule has 2 rings (SSSR count). The first-order valence-corrected chi connectivity index (χ1v) is 14.0. The Kier molecular flexibility index (Phi) is 16.4. The summed E-state index contributed by atoms with van der Waals surface area (Å²) in [6, 6.07) is 9.49. The van der Waals surface area contributed by atoms with Crippen molar-refractivity contribution >= 4 is 11.6 Å². The van der Waals surface area contributed by atoms with Gasteiger partial charge in [-0.05, 0) is 74.2 Å². The van der Waals surface area contributed by atoms with Crippen LogP contribution in [-0.4, -0.2) is 72.1 Å². The molecule has 228 valence electrons. The molecule has 0 fully saturated rings. The summed E-state index contributed by atoms with van der Waals surface area (Å²) in [6.07, 6.45) is 6.38. The van der Waals surface area contributed by atoms with E-state index >= 15 is 0 Å². The Bertz CT molecular complexity index is 1070. The third kappa shape index (κ3) is 12.0. The lowest BCUT2D eigenvalue weighted by Gasteiger charge is -2.26. The standard InChI is InChI=1S/C30H48N6O5/c1-33-19-22(21-36-24-11-13-35-28(17-24)39-3)20-34-12-5-6-15-41-25-9-10-26(23(16-25)18-31)29(40-4)27(30(32)37)8-7-14-38-2/h9-11,13,16-17,21,27,29,33-34H,5-8,12,14-15,18-20,31H2,1-4H3,(H2,32,37)(H,35,36)/b22-21+. The lowest BCUT2D eigenvalue weighted by Crippen LogP contribution is -2.31. The molecule has 0 radical (unpaired) electrons. The number of nitrogens with one attached hydrogen (secondary N) is 3. The molecule has 0 saturated heterocycles. The van der Waals surface area contributed by atoms with Crippen LogP contribution in [0.15, 0.2) is 48.3 Å². The molecule has 2 atom stereocenters. The molecule has 11 heteroatoms. The van der Waals surface area contributed by atoms with Crippen molar-refractivity contribution < 1.29 is 23.7 Å². The largest absolute Gasteiger partial charge is 0.494 e. The molecule has 1 heterocycles. The number of nitrogens with two attached hydrogens (primary N) is 2. The van der Waals surface area contributed by atoms with Crippen LogP contribution in [0, 0.1) is 5.92 Å². The molecule has 0 aliphatic heterocycles. The number of pyridine rings is 1. The number of anilines is 1. The highest BCUT2D eigenvalue weighted by Crippen LogP contribution is 2.33. The maximum absolute atomic E-state index is 12.2.